The fourth-order valence-electron chi connectivity index (χ4n) is 16.4. The largest absolute Gasteiger partial charge is 0.378 e. The van der Waals surface area contributed by atoms with Crippen LogP contribution >= 0.6 is 151 Å². The molecule has 15 heterocycles. The standard InChI is InChI=1S/C19H17Cl2N3O2S.C19H15ClN2S2.C18H19ClN2OS2.C17H14ClN3O2S2.C17H19ClN2O3S2/c1-22-16-15-12(11-2-3-13(20)14(21)10-11)4-5-23-18(25)17(15)27-19(16)24-6-8-26-9-7-24;20-14-3-1-12(2-4-14)15-7-10-22-19(23)18-16(15)11-17(24-18)13-5-8-21-9-6-13;19-13-3-1-12(2-4-13)14-5-6-20-18(23)17-15(14)11-16(24-17)21-7-9-22-10-8-21;1-21-10-15(11-2-4-13(18)5-3-11)14-8-16(12-6-7-19-20-9-12)24-17(14)25(21,22)23;1-19-11-15(12-2-4-13(18)5-3-12)14-10-16(20-6-8-23-9-7-20)24-17(14)25(19,21)22/h2-3,10,12H,4-9H2,(H,23,25);1-6,8-9,11,15H,7,10H2,(H,22,23);1-4,11,14H,5-10H2,(H,20,23);2-9,15H,10H2,1H3;2-5,10,15H,6-9,11H2,1H3. The number of hydrogen-bond acceptors (Lipinski definition) is 21. The molecule has 0 aliphatic carbocycles. The van der Waals surface area contributed by atoms with Gasteiger partial charge in [0.1, 0.15) is 18.4 Å². The molecule has 0 saturated carbocycles. The van der Waals surface area contributed by atoms with Crippen LogP contribution in [0.15, 0.2) is 191 Å². The lowest BCUT2D eigenvalue weighted by Crippen LogP contribution is -2.36. The van der Waals surface area contributed by atoms with Gasteiger partial charge >= 0.3 is 0 Å². The predicted molar refractivity (Wildman–Crippen MR) is 518 cm³/mol. The Labute approximate surface area is 788 Å². The highest BCUT2D eigenvalue weighted by Gasteiger charge is 2.41. The summed E-state index contributed by atoms with van der Waals surface area (Å²) in [4.78, 5) is 34.2. The fourth-order valence-corrected chi connectivity index (χ4v) is 27.9. The highest BCUT2D eigenvalue weighted by Crippen LogP contribution is 2.52. The van der Waals surface area contributed by atoms with E-state index in [0.29, 0.717) is 103 Å². The summed E-state index contributed by atoms with van der Waals surface area (Å²) in [7, 11) is -3.62. The van der Waals surface area contributed by atoms with Gasteiger partial charge in [0.05, 0.1) is 98.3 Å². The van der Waals surface area contributed by atoms with Crippen molar-refractivity contribution < 1.29 is 35.8 Å². The Morgan fingerprint density at radius 2 is 0.864 bits per heavy atom. The first-order valence-corrected chi connectivity index (χ1v) is 50.5. The maximum atomic E-state index is 12.8. The number of thiophene rings is 5. The Hall–Kier alpha value is -7.59. The van der Waals surface area contributed by atoms with E-state index in [-0.39, 0.29) is 23.7 Å². The zero-order valence-corrected chi connectivity index (χ0v) is 79.5. The van der Waals surface area contributed by atoms with E-state index in [2.05, 4.69) is 93.1 Å². The summed E-state index contributed by atoms with van der Waals surface area (Å²) in [5.41, 5.74) is 13.5. The molecule has 125 heavy (non-hydrogen) atoms. The number of fused-ring (bicyclic) bond motifs is 5. The molecule has 3 saturated heterocycles. The van der Waals surface area contributed by atoms with Gasteiger partial charge in [0.2, 0.25) is 5.69 Å². The molecular formula is C90H84Cl6N12O8S9. The molecule has 20 nitrogen and oxygen atoms in total. The van der Waals surface area contributed by atoms with Crippen LogP contribution in [0, 0.1) is 6.57 Å². The predicted octanol–water partition coefficient (Wildman–Crippen LogP) is 20.6. The van der Waals surface area contributed by atoms with Crippen molar-refractivity contribution in [2.75, 3.05) is 140 Å². The molecule has 3 N–H and O–H groups in total. The number of rotatable bonds is 10. The number of halogens is 6. The van der Waals surface area contributed by atoms with Gasteiger partial charge in [0.15, 0.2) is 0 Å². The van der Waals surface area contributed by atoms with Crippen molar-refractivity contribution in [1.29, 1.82) is 0 Å². The second-order valence-corrected chi connectivity index (χ2v) is 43.6. The summed E-state index contributed by atoms with van der Waals surface area (Å²) in [5, 5.41) is 24.4. The van der Waals surface area contributed by atoms with Crippen LogP contribution in [0.4, 0.5) is 20.7 Å². The molecule has 7 aromatic heterocycles. The lowest BCUT2D eigenvalue weighted by atomic mass is 9.88. The number of nitrogens with zero attached hydrogens (tertiary/aromatic N) is 9. The zero-order valence-electron chi connectivity index (χ0n) is 67.6. The molecule has 5 aromatic carbocycles. The number of anilines is 3. The number of aromatic nitrogens is 3. The van der Waals surface area contributed by atoms with Gasteiger partial charge in [-0.1, -0.05) is 149 Å². The van der Waals surface area contributed by atoms with Crippen LogP contribution in [0.5, 0.6) is 0 Å². The van der Waals surface area contributed by atoms with Crippen LogP contribution in [0.25, 0.3) is 25.7 Å². The van der Waals surface area contributed by atoms with E-state index in [0.717, 1.165) is 152 Å². The summed E-state index contributed by atoms with van der Waals surface area (Å²) >= 11 is 55.3. The van der Waals surface area contributed by atoms with Crippen LogP contribution in [-0.4, -0.2) is 182 Å². The average molecular weight is 1960 g/mol. The lowest BCUT2D eigenvalue weighted by molar-refractivity contribution is 0.0959. The van der Waals surface area contributed by atoms with Crippen molar-refractivity contribution in [1.82, 2.24) is 39.7 Å². The van der Waals surface area contributed by atoms with Gasteiger partial charge in [0.25, 0.3) is 26.0 Å². The third-order valence-corrected chi connectivity index (χ3v) is 36.5. The topological polar surface area (TPSA) is 208 Å². The summed E-state index contributed by atoms with van der Waals surface area (Å²) in [6.07, 6.45) is 9.66. The summed E-state index contributed by atoms with van der Waals surface area (Å²) in [6.45, 7) is 20.1. The van der Waals surface area contributed by atoms with Gasteiger partial charge in [-0.3, -0.25) is 9.78 Å². The van der Waals surface area contributed by atoms with Crippen LogP contribution < -0.4 is 30.7 Å². The van der Waals surface area contributed by atoms with E-state index < -0.39 is 20.0 Å². The number of carbonyl (C=O) groups is 1. The van der Waals surface area contributed by atoms with E-state index >= 15 is 0 Å². The van der Waals surface area contributed by atoms with E-state index in [1.54, 1.807) is 55.2 Å². The third-order valence-electron chi connectivity index (χ3n) is 23.0. The van der Waals surface area contributed by atoms with E-state index in [9.17, 15) is 21.6 Å². The highest BCUT2D eigenvalue weighted by atomic mass is 35.5. The van der Waals surface area contributed by atoms with Crippen molar-refractivity contribution in [2.45, 2.75) is 57.3 Å². The molecule has 648 valence electrons. The van der Waals surface area contributed by atoms with Crippen molar-refractivity contribution in [3.63, 3.8) is 0 Å². The first kappa shape index (κ1) is 90.7. The van der Waals surface area contributed by atoms with Gasteiger partial charge in [-0.05, 0) is 184 Å². The maximum absolute atomic E-state index is 12.8. The molecule has 8 aliphatic heterocycles. The number of likely N-dealkylation sites (N-methyl/N-ethyl adjacent to an activating group) is 2. The Morgan fingerprint density at radius 1 is 0.440 bits per heavy atom. The molecular weight excluding hydrogens is 1880 g/mol. The number of ether oxygens (including phenoxy) is 3. The maximum Gasteiger partial charge on any atom is 0.260 e. The molecule has 1 amide bonds. The minimum atomic E-state index is -3.47. The molecule has 35 heteroatoms. The molecule has 20 rings (SSSR count). The number of carbonyl (C=O) groups excluding carboxylic acids is 1. The number of morpholine rings is 3. The highest BCUT2D eigenvalue weighted by molar-refractivity contribution is 7.91. The van der Waals surface area contributed by atoms with E-state index in [1.807, 2.05) is 122 Å². The number of thiocarbonyl (C=S) groups is 2. The summed E-state index contributed by atoms with van der Waals surface area (Å²) in [5.74, 6) is 0.492. The Kier molecular flexibility index (Phi) is 29.5. The first-order valence-electron chi connectivity index (χ1n) is 40.5. The van der Waals surface area contributed by atoms with Gasteiger partial charge in [0, 0.05) is 163 Å². The van der Waals surface area contributed by atoms with Crippen LogP contribution in [0.3, 0.4) is 0 Å². The molecule has 0 bridgehead atoms. The Morgan fingerprint density at radius 3 is 1.37 bits per heavy atom. The molecule has 0 spiro atoms. The quantitative estimate of drug-likeness (QED) is 0.0859. The van der Waals surface area contributed by atoms with Gasteiger partial charge < -0.3 is 44.9 Å². The third kappa shape index (κ3) is 20.4. The second-order valence-electron chi connectivity index (χ2n) is 30.6. The van der Waals surface area contributed by atoms with Crippen molar-refractivity contribution in [3.05, 3.63) is 294 Å². The van der Waals surface area contributed by atoms with Crippen LogP contribution in [0.1, 0.15) is 124 Å². The molecule has 0 radical (unpaired) electrons. The number of pyridine rings is 1. The normalized spacial score (nSPS) is 20.2. The molecule has 5 atom stereocenters. The van der Waals surface area contributed by atoms with E-state index in [4.69, 9.17) is 115 Å². The summed E-state index contributed by atoms with van der Waals surface area (Å²) < 4.78 is 71.2. The SMILES string of the molecule is CN1CC(c2ccc(Cl)cc2)c2cc(-c3ccnnc3)sc2S1(=O)=O.CN1CC(c2ccc(Cl)cc2)c2cc(N3CCOCC3)sc2S1(=O)=O.S=C1NCCC(c2ccc(Cl)cc2)c2cc(-c3ccncc3)sc21.S=C1NCCC(c2ccc(Cl)cc2)c2cc(N3CCOCC3)sc21.[C-]#[N+]c1c(N2CCOCC2)sc2c1C(c1ccc(Cl)c(Cl)c1)CCNC2=O. The number of nitrogens with one attached hydrogen (secondary N) is 3. The smallest absolute Gasteiger partial charge is 0.260 e. The number of sulfonamides is 2. The van der Waals surface area contributed by atoms with Crippen molar-refractivity contribution >= 4 is 207 Å². The number of amides is 1. The molecule has 3 fully saturated rings. The van der Waals surface area contributed by atoms with Crippen LogP contribution in [-0.2, 0) is 34.3 Å². The monoisotopic (exact) mass is 1960 g/mol. The second kappa shape index (κ2) is 40.6. The van der Waals surface area contributed by atoms with Crippen molar-refractivity contribution in [2.24, 2.45) is 0 Å². The minimum absolute atomic E-state index is 0.0202. The summed E-state index contributed by atoms with van der Waals surface area (Å²) in [6, 6.07) is 51.7. The van der Waals surface area contributed by atoms with Gasteiger partial charge in [-0.25, -0.2) is 21.7 Å². The van der Waals surface area contributed by atoms with Crippen molar-refractivity contribution in [3.8, 4) is 20.9 Å². The first-order chi connectivity index (χ1) is 60.5. The molecule has 5 unspecified atom stereocenters. The van der Waals surface area contributed by atoms with Gasteiger partial charge in [-0.2, -0.15) is 18.8 Å². The lowest BCUT2D eigenvalue weighted by Gasteiger charge is -2.29. The molecule has 12 aromatic rings. The number of hydrogen-bond donors (Lipinski definition) is 3. The van der Waals surface area contributed by atoms with E-state index in [1.165, 1.54) is 90.1 Å². The Balaban J connectivity index is 0.000000115. The Bertz CT molecular complexity index is 6170. The minimum Gasteiger partial charge on any atom is -0.378 e. The number of benzene rings is 5. The average Bonchev–Trinajstić information content (AvgIpc) is 1.64. The molecule has 8 aliphatic rings. The zero-order chi connectivity index (χ0) is 87.2. The van der Waals surface area contributed by atoms with Gasteiger partial charge in [-0.15, -0.1) is 56.7 Å². The fraction of sp³-hybridized carbons (Fsp3) is 0.300. The van der Waals surface area contributed by atoms with Crippen LogP contribution in [0.2, 0.25) is 30.1 Å².